The highest BCUT2D eigenvalue weighted by Crippen LogP contribution is 2.44. The van der Waals surface area contributed by atoms with Crippen LogP contribution in [0.2, 0.25) is 0 Å². The Morgan fingerprint density at radius 2 is 1.71 bits per heavy atom. The normalized spacial score (nSPS) is 21.9. The number of aliphatic hydroxyl groups excluding tert-OH is 1. The van der Waals surface area contributed by atoms with E-state index in [4.69, 9.17) is 4.74 Å². The molecule has 1 unspecified atom stereocenters. The fourth-order valence-corrected chi connectivity index (χ4v) is 3.43. The molecule has 0 aliphatic heterocycles. The monoisotopic (exact) mass is 290 g/mol. The standard InChI is InChI=1S/C19H30O2/c1-18(2)12-14-19(21-3,15-13-18)17(20)11-7-10-16-8-5-4-6-9-16/h4-6,8-9,17,20H,7,10-15H2,1-3H3. The van der Waals surface area contributed by atoms with Crippen LogP contribution in [0.15, 0.2) is 30.3 Å². The molecule has 0 saturated heterocycles. The SMILES string of the molecule is COC1(C(O)CCCc2ccccc2)CCC(C)(C)CC1. The van der Waals surface area contributed by atoms with Gasteiger partial charge < -0.3 is 9.84 Å². The maximum atomic E-state index is 10.6. The maximum Gasteiger partial charge on any atom is 0.0936 e. The lowest BCUT2D eigenvalue weighted by molar-refractivity contribution is -0.138. The lowest BCUT2D eigenvalue weighted by atomic mass is 9.68. The number of methoxy groups -OCH3 is 1. The van der Waals surface area contributed by atoms with Crippen LogP contribution in [-0.4, -0.2) is 23.9 Å². The van der Waals surface area contributed by atoms with E-state index in [9.17, 15) is 5.11 Å². The molecule has 0 amide bonds. The number of aryl methyl sites for hydroxylation is 1. The predicted octanol–water partition coefficient (Wildman–Crippen LogP) is 4.36. The zero-order valence-electron chi connectivity index (χ0n) is 13.8. The highest BCUT2D eigenvalue weighted by atomic mass is 16.5. The number of rotatable bonds is 6. The van der Waals surface area contributed by atoms with E-state index < -0.39 is 0 Å². The van der Waals surface area contributed by atoms with Crippen LogP contribution in [0.5, 0.6) is 0 Å². The third-order valence-corrected chi connectivity index (χ3v) is 5.25. The largest absolute Gasteiger partial charge is 0.390 e. The summed E-state index contributed by atoms with van der Waals surface area (Å²) >= 11 is 0. The molecule has 1 aliphatic rings. The minimum Gasteiger partial charge on any atom is -0.390 e. The van der Waals surface area contributed by atoms with Crippen molar-refractivity contribution in [3.63, 3.8) is 0 Å². The second kappa shape index (κ2) is 6.93. The number of benzene rings is 1. The fraction of sp³-hybridized carbons (Fsp3) is 0.684. The Hall–Kier alpha value is -0.860. The number of hydrogen-bond acceptors (Lipinski definition) is 2. The van der Waals surface area contributed by atoms with Gasteiger partial charge in [0.1, 0.15) is 0 Å². The van der Waals surface area contributed by atoms with Crippen molar-refractivity contribution in [2.24, 2.45) is 5.41 Å². The average molecular weight is 290 g/mol. The van der Waals surface area contributed by atoms with Crippen LogP contribution in [0.3, 0.4) is 0 Å². The van der Waals surface area contributed by atoms with Crippen molar-refractivity contribution >= 4 is 0 Å². The number of hydrogen-bond donors (Lipinski definition) is 1. The summed E-state index contributed by atoms with van der Waals surface area (Å²) in [7, 11) is 1.76. The average Bonchev–Trinajstić information content (AvgIpc) is 2.49. The summed E-state index contributed by atoms with van der Waals surface area (Å²) in [5.74, 6) is 0. The van der Waals surface area contributed by atoms with E-state index in [0.717, 1.165) is 44.9 Å². The summed E-state index contributed by atoms with van der Waals surface area (Å²) in [6.45, 7) is 4.63. The number of ether oxygens (including phenoxy) is 1. The van der Waals surface area contributed by atoms with E-state index in [1.54, 1.807) is 7.11 Å². The van der Waals surface area contributed by atoms with E-state index in [-0.39, 0.29) is 11.7 Å². The Morgan fingerprint density at radius 3 is 2.29 bits per heavy atom. The molecule has 0 aromatic heterocycles. The third-order valence-electron chi connectivity index (χ3n) is 5.25. The quantitative estimate of drug-likeness (QED) is 0.843. The van der Waals surface area contributed by atoms with Crippen molar-refractivity contribution in [3.05, 3.63) is 35.9 Å². The second-order valence-corrected chi connectivity index (χ2v) is 7.33. The molecule has 118 valence electrons. The Labute approximate surface area is 129 Å². The topological polar surface area (TPSA) is 29.5 Å². The first-order valence-corrected chi connectivity index (χ1v) is 8.25. The molecule has 0 heterocycles. The fourth-order valence-electron chi connectivity index (χ4n) is 3.43. The highest BCUT2D eigenvalue weighted by Gasteiger charge is 2.43. The first kappa shape index (κ1) is 16.5. The van der Waals surface area contributed by atoms with Crippen molar-refractivity contribution in [2.45, 2.75) is 70.5 Å². The van der Waals surface area contributed by atoms with Crippen molar-refractivity contribution in [1.29, 1.82) is 0 Å². The summed E-state index contributed by atoms with van der Waals surface area (Å²) in [5, 5.41) is 10.6. The zero-order valence-corrected chi connectivity index (χ0v) is 13.8. The van der Waals surface area contributed by atoms with Gasteiger partial charge in [-0.25, -0.2) is 0 Å². The van der Waals surface area contributed by atoms with Gasteiger partial charge in [0.25, 0.3) is 0 Å². The van der Waals surface area contributed by atoms with Gasteiger partial charge >= 0.3 is 0 Å². The zero-order chi connectivity index (χ0) is 15.3. The molecule has 1 saturated carbocycles. The molecule has 1 N–H and O–H groups in total. The molecule has 2 rings (SSSR count). The van der Waals surface area contributed by atoms with Crippen LogP contribution in [0, 0.1) is 5.41 Å². The van der Waals surface area contributed by atoms with Gasteiger partial charge in [0, 0.05) is 7.11 Å². The van der Waals surface area contributed by atoms with Crippen LogP contribution in [-0.2, 0) is 11.2 Å². The number of aliphatic hydroxyl groups is 1. The lowest BCUT2D eigenvalue weighted by Gasteiger charge is -2.45. The Morgan fingerprint density at radius 1 is 1.10 bits per heavy atom. The molecule has 1 atom stereocenters. The first-order chi connectivity index (χ1) is 9.97. The Balaban J connectivity index is 1.85. The summed E-state index contributed by atoms with van der Waals surface area (Å²) in [4.78, 5) is 0. The van der Waals surface area contributed by atoms with Gasteiger partial charge in [0.15, 0.2) is 0 Å². The van der Waals surface area contributed by atoms with Crippen molar-refractivity contribution in [2.75, 3.05) is 7.11 Å². The van der Waals surface area contributed by atoms with E-state index >= 15 is 0 Å². The van der Waals surface area contributed by atoms with Crippen LogP contribution in [0.4, 0.5) is 0 Å². The molecular weight excluding hydrogens is 260 g/mol. The molecule has 2 nitrogen and oxygen atoms in total. The van der Waals surface area contributed by atoms with Gasteiger partial charge in [-0.15, -0.1) is 0 Å². The second-order valence-electron chi connectivity index (χ2n) is 7.33. The van der Waals surface area contributed by atoms with Gasteiger partial charge in [-0.05, 0) is 55.9 Å². The molecule has 0 bridgehead atoms. The molecule has 1 aliphatic carbocycles. The van der Waals surface area contributed by atoms with Crippen LogP contribution >= 0.6 is 0 Å². The molecule has 0 radical (unpaired) electrons. The highest BCUT2D eigenvalue weighted by molar-refractivity contribution is 5.14. The lowest BCUT2D eigenvalue weighted by Crippen LogP contribution is -2.48. The summed E-state index contributed by atoms with van der Waals surface area (Å²) < 4.78 is 5.79. The van der Waals surface area contributed by atoms with Gasteiger partial charge in [-0.1, -0.05) is 44.2 Å². The molecule has 0 spiro atoms. The van der Waals surface area contributed by atoms with Gasteiger partial charge in [0.2, 0.25) is 0 Å². The van der Waals surface area contributed by atoms with Crippen molar-refractivity contribution in [3.8, 4) is 0 Å². The molecule has 1 aromatic rings. The van der Waals surface area contributed by atoms with E-state index in [2.05, 4.69) is 38.1 Å². The predicted molar refractivity (Wildman–Crippen MR) is 87.4 cm³/mol. The Bertz CT molecular complexity index is 414. The smallest absolute Gasteiger partial charge is 0.0936 e. The minimum absolute atomic E-state index is 0.313. The van der Waals surface area contributed by atoms with E-state index in [1.165, 1.54) is 5.56 Å². The molecule has 2 heteroatoms. The van der Waals surface area contributed by atoms with Gasteiger partial charge in [-0.2, -0.15) is 0 Å². The van der Waals surface area contributed by atoms with Crippen LogP contribution in [0.25, 0.3) is 0 Å². The summed E-state index contributed by atoms with van der Waals surface area (Å²) in [6.07, 6.45) is 6.74. The first-order valence-electron chi connectivity index (χ1n) is 8.25. The van der Waals surface area contributed by atoms with Crippen molar-refractivity contribution < 1.29 is 9.84 Å². The molecule has 21 heavy (non-hydrogen) atoms. The molecule has 1 aromatic carbocycles. The van der Waals surface area contributed by atoms with Crippen LogP contribution in [0.1, 0.15) is 57.9 Å². The van der Waals surface area contributed by atoms with Crippen LogP contribution < -0.4 is 0 Å². The summed E-state index contributed by atoms with van der Waals surface area (Å²) in [6, 6.07) is 10.5. The van der Waals surface area contributed by atoms with E-state index in [1.807, 2.05) is 6.07 Å². The maximum absolute atomic E-state index is 10.6. The minimum atomic E-state index is -0.345. The third kappa shape index (κ3) is 4.31. The van der Waals surface area contributed by atoms with Gasteiger partial charge in [-0.3, -0.25) is 0 Å². The molecule has 1 fully saturated rings. The van der Waals surface area contributed by atoms with Gasteiger partial charge in [0.05, 0.1) is 11.7 Å². The van der Waals surface area contributed by atoms with E-state index in [0.29, 0.717) is 5.41 Å². The Kier molecular flexibility index (Phi) is 5.45. The van der Waals surface area contributed by atoms with Crippen molar-refractivity contribution in [1.82, 2.24) is 0 Å². The summed E-state index contributed by atoms with van der Waals surface area (Å²) in [5.41, 5.74) is 1.43. The molecular formula is C19H30O2.